The summed E-state index contributed by atoms with van der Waals surface area (Å²) in [6.45, 7) is 4.90. The minimum atomic E-state index is -0.817. The van der Waals surface area contributed by atoms with Gasteiger partial charge in [-0.2, -0.15) is 0 Å². The molecule has 0 N–H and O–H groups in total. The topological polar surface area (TPSA) is 75.7 Å². The maximum atomic E-state index is 12.7. The molecule has 7 bridgehead atoms. The molecule has 2 saturated heterocycles. The molecule has 0 radical (unpaired) electrons. The second-order valence-electron chi connectivity index (χ2n) is 12.1. The van der Waals surface area contributed by atoms with E-state index in [0.29, 0.717) is 5.92 Å². The van der Waals surface area contributed by atoms with Gasteiger partial charge >= 0.3 is 5.97 Å². The first kappa shape index (κ1) is 22.2. The summed E-state index contributed by atoms with van der Waals surface area (Å²) in [4.78, 5) is 15.1. The Hall–Kier alpha value is -1.03. The van der Waals surface area contributed by atoms with Crippen LogP contribution in [-0.2, 0) is 33.2 Å². The number of fused-ring (bicyclic) bond motifs is 1. The second kappa shape index (κ2) is 6.64. The fourth-order valence-electron chi connectivity index (χ4n) is 11.2. The Morgan fingerprint density at radius 3 is 2.62 bits per heavy atom. The van der Waals surface area contributed by atoms with E-state index in [1.54, 1.807) is 7.11 Å². The van der Waals surface area contributed by atoms with Crippen LogP contribution in [0.2, 0.25) is 0 Å². The molecule has 0 amide bonds. The lowest BCUT2D eigenvalue weighted by Crippen LogP contribution is -2.80. The Bertz CT molecular complexity index is 957. The van der Waals surface area contributed by atoms with Crippen LogP contribution in [0.4, 0.5) is 0 Å². The van der Waals surface area contributed by atoms with Crippen molar-refractivity contribution in [1.29, 1.82) is 0 Å². The van der Waals surface area contributed by atoms with E-state index < -0.39 is 17.3 Å². The van der Waals surface area contributed by atoms with E-state index in [2.05, 4.69) is 31.0 Å². The number of likely N-dealkylation sites (N-methyl/N-ethyl adjacent to an activating group) is 1. The van der Waals surface area contributed by atoms with E-state index >= 15 is 0 Å². The summed E-state index contributed by atoms with van der Waals surface area (Å²) in [5, 5.41) is 0. The van der Waals surface area contributed by atoms with Crippen LogP contribution < -0.4 is 0 Å². The van der Waals surface area contributed by atoms with E-state index in [1.807, 2.05) is 14.2 Å². The number of ether oxygens (including phenoxy) is 6. The molecule has 0 aromatic carbocycles. The quantitative estimate of drug-likeness (QED) is 0.449. The molecular formula is C26H37NO7. The highest BCUT2D eigenvalue weighted by Gasteiger charge is 2.93. The molecule has 4 saturated carbocycles. The summed E-state index contributed by atoms with van der Waals surface area (Å²) < 4.78 is 38.7. The number of methoxy groups -OCH3 is 3. The molecule has 0 aromatic heterocycles. The number of rotatable bonds is 4. The minimum Gasteiger partial charge on any atom is -0.459 e. The van der Waals surface area contributed by atoms with Crippen molar-refractivity contribution < 1.29 is 33.2 Å². The summed E-state index contributed by atoms with van der Waals surface area (Å²) in [5.74, 6) is 0.470. The average molecular weight is 476 g/mol. The number of hydrogen-bond donors (Lipinski definition) is 0. The highest BCUT2D eigenvalue weighted by atomic mass is 16.7. The van der Waals surface area contributed by atoms with Gasteiger partial charge in [0.15, 0.2) is 5.60 Å². The van der Waals surface area contributed by atoms with Gasteiger partial charge in [-0.1, -0.05) is 19.1 Å². The van der Waals surface area contributed by atoms with Gasteiger partial charge in [0.25, 0.3) is 0 Å². The molecule has 34 heavy (non-hydrogen) atoms. The van der Waals surface area contributed by atoms with Crippen LogP contribution >= 0.6 is 0 Å². The summed E-state index contributed by atoms with van der Waals surface area (Å²) in [6.07, 6.45) is 5.75. The van der Waals surface area contributed by atoms with Crippen molar-refractivity contribution in [3.8, 4) is 0 Å². The van der Waals surface area contributed by atoms with Gasteiger partial charge in [0.1, 0.15) is 18.5 Å². The van der Waals surface area contributed by atoms with E-state index in [9.17, 15) is 4.79 Å². The van der Waals surface area contributed by atoms with E-state index in [-0.39, 0.29) is 65.7 Å². The van der Waals surface area contributed by atoms with Crippen molar-refractivity contribution in [2.45, 2.75) is 68.3 Å². The molecule has 188 valence electrons. The van der Waals surface area contributed by atoms with Crippen LogP contribution in [0.15, 0.2) is 12.2 Å². The monoisotopic (exact) mass is 475 g/mol. The van der Waals surface area contributed by atoms with Gasteiger partial charge in [0.05, 0.1) is 24.4 Å². The van der Waals surface area contributed by atoms with Crippen molar-refractivity contribution >= 4 is 5.97 Å². The van der Waals surface area contributed by atoms with Crippen molar-refractivity contribution in [1.82, 2.24) is 4.90 Å². The lowest BCUT2D eigenvalue weighted by Gasteiger charge is -2.67. The van der Waals surface area contributed by atoms with Crippen LogP contribution in [0, 0.1) is 34.5 Å². The van der Waals surface area contributed by atoms with Gasteiger partial charge < -0.3 is 28.4 Å². The van der Waals surface area contributed by atoms with E-state index in [0.717, 1.165) is 19.4 Å². The Morgan fingerprint density at radius 2 is 1.94 bits per heavy atom. The standard InChI is InChI=1S/C26H37NO7/c1-13(28)34-21-20-23(2)8-7-17(30-5)25(20)15-9-14-16(29-4)10-24(18(15)19(14)31-6)26(21,33-12-32-24)22(25)27(3)11-23/h7-8,14-22H,9-12H2,1-6H3. The first-order chi connectivity index (χ1) is 16.3. The molecule has 8 heteroatoms. The SMILES string of the molecule is COC1CC23OCOC24C(OC(C)=O)C2C5(C)C=CC(OC)C2(C2CC1C(OC)C23)C4N(C)C5. The lowest BCUT2D eigenvalue weighted by atomic mass is 9.44. The largest absolute Gasteiger partial charge is 0.459 e. The average Bonchev–Trinajstić information content (AvgIpc) is 3.37. The molecule has 13 unspecified atom stereocenters. The van der Waals surface area contributed by atoms with Crippen LogP contribution in [0.1, 0.15) is 26.7 Å². The minimum absolute atomic E-state index is 0.00118. The molecule has 6 fully saturated rings. The molecule has 13 atom stereocenters. The van der Waals surface area contributed by atoms with Crippen LogP contribution in [0.25, 0.3) is 0 Å². The van der Waals surface area contributed by atoms with Gasteiger partial charge in [-0.25, -0.2) is 0 Å². The zero-order chi connectivity index (χ0) is 23.8. The summed E-state index contributed by atoms with van der Waals surface area (Å²) in [5.41, 5.74) is -1.95. The van der Waals surface area contributed by atoms with Crippen LogP contribution in [0.3, 0.4) is 0 Å². The van der Waals surface area contributed by atoms with Crippen LogP contribution in [0.5, 0.6) is 0 Å². The first-order valence-electron chi connectivity index (χ1n) is 12.7. The number of carbonyl (C=O) groups excluding carboxylic acids is 1. The fourth-order valence-corrected chi connectivity index (χ4v) is 11.2. The first-order valence-corrected chi connectivity index (χ1v) is 12.7. The zero-order valence-corrected chi connectivity index (χ0v) is 21.0. The Kier molecular flexibility index (Phi) is 4.33. The number of nitrogens with zero attached hydrogens (tertiary/aromatic N) is 1. The Labute approximate surface area is 201 Å². The molecular weight excluding hydrogens is 438 g/mol. The van der Waals surface area contributed by atoms with Gasteiger partial charge in [-0.15, -0.1) is 0 Å². The molecule has 3 spiro atoms. The molecule has 2 heterocycles. The zero-order valence-electron chi connectivity index (χ0n) is 21.0. The molecule has 2 aliphatic heterocycles. The highest BCUT2D eigenvalue weighted by molar-refractivity contribution is 5.67. The third-order valence-electron chi connectivity index (χ3n) is 11.3. The molecule has 0 aromatic rings. The van der Waals surface area contributed by atoms with Crippen LogP contribution in [-0.4, -0.2) is 94.2 Å². The highest BCUT2D eigenvalue weighted by Crippen LogP contribution is 2.81. The number of carbonyl (C=O) groups is 1. The lowest BCUT2D eigenvalue weighted by molar-refractivity contribution is -0.267. The third-order valence-corrected chi connectivity index (χ3v) is 11.3. The third kappa shape index (κ3) is 2.00. The van der Waals surface area contributed by atoms with Crippen molar-refractivity contribution in [3.63, 3.8) is 0 Å². The number of likely N-dealkylation sites (tertiary alicyclic amines) is 1. The summed E-state index contributed by atoms with van der Waals surface area (Å²) in [6, 6.07) is -0.00654. The molecule has 7 aliphatic rings. The van der Waals surface area contributed by atoms with Gasteiger partial charge in [0, 0.05) is 69.8 Å². The smallest absolute Gasteiger partial charge is 0.303 e. The fraction of sp³-hybridized carbons (Fsp3) is 0.885. The maximum Gasteiger partial charge on any atom is 0.303 e. The van der Waals surface area contributed by atoms with Crippen molar-refractivity contribution in [2.24, 2.45) is 34.5 Å². The molecule has 5 aliphatic carbocycles. The van der Waals surface area contributed by atoms with Gasteiger partial charge in [-0.05, 0) is 19.4 Å². The number of hydrogen-bond acceptors (Lipinski definition) is 8. The predicted molar refractivity (Wildman–Crippen MR) is 120 cm³/mol. The Balaban J connectivity index is 1.58. The van der Waals surface area contributed by atoms with Gasteiger partial charge in [0.2, 0.25) is 0 Å². The van der Waals surface area contributed by atoms with E-state index in [4.69, 9.17) is 28.4 Å². The second-order valence-corrected chi connectivity index (χ2v) is 12.1. The van der Waals surface area contributed by atoms with Crippen molar-refractivity contribution in [3.05, 3.63) is 12.2 Å². The Morgan fingerprint density at radius 1 is 1.15 bits per heavy atom. The number of esters is 1. The number of piperidine rings is 1. The van der Waals surface area contributed by atoms with E-state index in [1.165, 1.54) is 6.92 Å². The van der Waals surface area contributed by atoms with Gasteiger partial charge in [-0.3, -0.25) is 9.69 Å². The summed E-state index contributed by atoms with van der Waals surface area (Å²) in [7, 11) is 7.63. The normalized spacial score (nSPS) is 60.4. The maximum absolute atomic E-state index is 12.7. The van der Waals surface area contributed by atoms with Crippen molar-refractivity contribution in [2.75, 3.05) is 41.7 Å². The molecule has 7 rings (SSSR count). The predicted octanol–water partition coefficient (Wildman–Crippen LogP) is 1.62. The molecule has 8 nitrogen and oxygen atoms in total. The summed E-state index contributed by atoms with van der Waals surface area (Å²) >= 11 is 0.